The van der Waals surface area contributed by atoms with Gasteiger partial charge in [-0.2, -0.15) is 0 Å². The molecule has 2 N–H and O–H groups in total. The Bertz CT molecular complexity index is 582. The minimum atomic E-state index is -0.0363. The van der Waals surface area contributed by atoms with E-state index in [0.29, 0.717) is 34.3 Å². The van der Waals surface area contributed by atoms with Crippen LogP contribution in [-0.4, -0.2) is 17.6 Å². The van der Waals surface area contributed by atoms with E-state index < -0.39 is 0 Å². The zero-order chi connectivity index (χ0) is 17.1. The van der Waals surface area contributed by atoms with E-state index in [-0.39, 0.29) is 12.5 Å². The maximum absolute atomic E-state index is 11.3. The van der Waals surface area contributed by atoms with E-state index in [9.17, 15) is 4.79 Å². The average molecular weight is 375 g/mol. The van der Waals surface area contributed by atoms with Crippen LogP contribution in [0.2, 0.25) is 15.1 Å². The Morgan fingerprint density at radius 3 is 1.96 bits per heavy atom. The number of halogens is 3. The summed E-state index contributed by atoms with van der Waals surface area (Å²) >= 11 is 16.9. The van der Waals surface area contributed by atoms with Crippen molar-refractivity contribution in [2.24, 2.45) is 0 Å². The highest BCUT2D eigenvalue weighted by molar-refractivity contribution is 6.41. The van der Waals surface area contributed by atoms with Gasteiger partial charge in [-0.05, 0) is 49.2 Å². The molecule has 0 aromatic heterocycles. The number of hydrogen-bond acceptors (Lipinski definition) is 2. The van der Waals surface area contributed by atoms with Gasteiger partial charge in [0.05, 0.1) is 10.0 Å². The van der Waals surface area contributed by atoms with Gasteiger partial charge in [-0.15, -0.1) is 0 Å². The number of benzene rings is 2. The molecule has 0 aliphatic heterocycles. The minimum absolute atomic E-state index is 0.0363. The quantitative estimate of drug-likeness (QED) is 0.685. The molecular formula is C17H18Cl3NO2. The molecule has 23 heavy (non-hydrogen) atoms. The highest BCUT2D eigenvalue weighted by atomic mass is 35.5. The zero-order valence-corrected chi connectivity index (χ0v) is 14.7. The second kappa shape index (κ2) is 11.3. The topological polar surface area (TPSA) is 49.3 Å². The van der Waals surface area contributed by atoms with Gasteiger partial charge in [-0.3, -0.25) is 4.79 Å². The van der Waals surface area contributed by atoms with Gasteiger partial charge in [-0.1, -0.05) is 46.9 Å². The van der Waals surface area contributed by atoms with Crippen LogP contribution >= 0.6 is 34.8 Å². The van der Waals surface area contributed by atoms with Crippen LogP contribution < -0.4 is 5.32 Å². The molecule has 2 rings (SSSR count). The third-order valence-corrected chi connectivity index (χ3v) is 3.77. The van der Waals surface area contributed by atoms with Crippen LogP contribution in [0.25, 0.3) is 0 Å². The van der Waals surface area contributed by atoms with E-state index in [1.165, 1.54) is 0 Å². The summed E-state index contributed by atoms with van der Waals surface area (Å²) in [6, 6.07) is 14.2. The van der Waals surface area contributed by atoms with E-state index in [0.717, 1.165) is 5.69 Å². The Kier molecular flexibility index (Phi) is 9.72. The number of aliphatic hydroxyl groups excluding tert-OH is 1. The molecule has 124 valence electrons. The fourth-order valence-corrected chi connectivity index (χ4v) is 1.99. The lowest BCUT2D eigenvalue weighted by Crippen LogP contribution is -2.11. The molecule has 2 aromatic rings. The lowest BCUT2D eigenvalue weighted by atomic mass is 10.2. The highest BCUT2D eigenvalue weighted by Gasteiger charge is 2.01. The van der Waals surface area contributed by atoms with Gasteiger partial charge in [0.25, 0.3) is 0 Å². The lowest BCUT2D eigenvalue weighted by molar-refractivity contribution is -0.116. The van der Waals surface area contributed by atoms with Crippen LogP contribution in [0, 0.1) is 0 Å². The van der Waals surface area contributed by atoms with Gasteiger partial charge < -0.3 is 10.4 Å². The molecule has 0 saturated heterocycles. The summed E-state index contributed by atoms with van der Waals surface area (Å²) in [5, 5.41) is 13.2. The van der Waals surface area contributed by atoms with E-state index in [1.54, 1.807) is 36.4 Å². The second-order valence-electron chi connectivity index (χ2n) is 4.65. The molecule has 1 amide bonds. The molecule has 0 atom stereocenters. The average Bonchev–Trinajstić information content (AvgIpc) is 2.53. The normalized spacial score (nSPS) is 9.74. The molecule has 0 heterocycles. The maximum Gasteiger partial charge on any atom is 0.224 e. The molecule has 0 unspecified atom stereocenters. The number of anilines is 1. The van der Waals surface area contributed by atoms with Gasteiger partial charge in [0, 0.05) is 23.7 Å². The molecule has 0 radical (unpaired) electrons. The third-order valence-electron chi connectivity index (χ3n) is 2.76. The number of carbonyl (C=O) groups excluding carboxylic acids is 1. The number of unbranched alkanes of at least 4 members (excludes halogenated alkanes) is 1. The summed E-state index contributed by atoms with van der Waals surface area (Å²) in [7, 11) is 0. The minimum Gasteiger partial charge on any atom is -0.396 e. The van der Waals surface area contributed by atoms with E-state index in [2.05, 4.69) is 5.32 Å². The molecular weight excluding hydrogens is 357 g/mol. The van der Waals surface area contributed by atoms with E-state index in [1.807, 2.05) is 12.1 Å². The summed E-state index contributed by atoms with van der Waals surface area (Å²) in [6.45, 7) is 0.133. The van der Waals surface area contributed by atoms with E-state index >= 15 is 0 Å². The molecule has 0 fully saturated rings. The molecule has 6 heteroatoms. The van der Waals surface area contributed by atoms with Crippen molar-refractivity contribution in [2.45, 2.75) is 19.3 Å². The Morgan fingerprint density at radius 2 is 1.48 bits per heavy atom. The second-order valence-corrected chi connectivity index (χ2v) is 5.90. The van der Waals surface area contributed by atoms with Gasteiger partial charge in [0.1, 0.15) is 0 Å². The summed E-state index contributed by atoms with van der Waals surface area (Å²) in [4.78, 5) is 11.3. The summed E-state index contributed by atoms with van der Waals surface area (Å²) < 4.78 is 0. The fraction of sp³-hybridized carbons (Fsp3) is 0.235. The number of aliphatic hydroxyl groups is 1. The first kappa shape index (κ1) is 19.8. The van der Waals surface area contributed by atoms with Crippen molar-refractivity contribution in [3.05, 3.63) is 63.6 Å². The Hall–Kier alpha value is -1.26. The van der Waals surface area contributed by atoms with Gasteiger partial charge in [-0.25, -0.2) is 0 Å². The highest BCUT2D eigenvalue weighted by Crippen LogP contribution is 2.19. The van der Waals surface area contributed by atoms with Crippen molar-refractivity contribution in [1.29, 1.82) is 0 Å². The number of carbonyl (C=O) groups is 1. The standard InChI is InChI=1S/C11H14ClNO2.C6H4Cl2/c12-9-4-6-10(7-5-9)13-11(15)3-1-2-8-14;7-5-3-1-2-4-6(5)8/h4-7,14H,1-3,8H2,(H,13,15);1-4H. The van der Waals surface area contributed by atoms with Crippen molar-refractivity contribution < 1.29 is 9.90 Å². The fourth-order valence-electron chi connectivity index (χ4n) is 1.59. The number of rotatable bonds is 5. The predicted molar refractivity (Wildman–Crippen MR) is 97.5 cm³/mol. The van der Waals surface area contributed by atoms with Crippen molar-refractivity contribution >= 4 is 46.4 Å². The van der Waals surface area contributed by atoms with Gasteiger partial charge in [0.15, 0.2) is 0 Å². The Morgan fingerprint density at radius 1 is 0.913 bits per heavy atom. The third kappa shape index (κ3) is 8.82. The first-order valence-corrected chi connectivity index (χ1v) is 8.22. The van der Waals surface area contributed by atoms with Crippen LogP contribution in [0.4, 0.5) is 5.69 Å². The number of nitrogens with one attached hydrogen (secondary N) is 1. The first-order chi connectivity index (χ1) is 11.0. The van der Waals surface area contributed by atoms with E-state index in [4.69, 9.17) is 39.9 Å². The van der Waals surface area contributed by atoms with Crippen molar-refractivity contribution in [3.8, 4) is 0 Å². The molecule has 3 nitrogen and oxygen atoms in total. The first-order valence-electron chi connectivity index (χ1n) is 7.09. The van der Waals surface area contributed by atoms with Gasteiger partial charge in [0.2, 0.25) is 5.91 Å². The maximum atomic E-state index is 11.3. The molecule has 0 spiro atoms. The summed E-state index contributed by atoms with van der Waals surface area (Å²) in [6.07, 6.45) is 1.80. The monoisotopic (exact) mass is 373 g/mol. The predicted octanol–water partition coefficient (Wildman–Crippen LogP) is 5.43. The van der Waals surface area contributed by atoms with Crippen molar-refractivity contribution in [2.75, 3.05) is 11.9 Å². The van der Waals surface area contributed by atoms with Crippen molar-refractivity contribution in [1.82, 2.24) is 0 Å². The SMILES string of the molecule is Clc1ccccc1Cl.O=C(CCCCO)Nc1ccc(Cl)cc1. The van der Waals surface area contributed by atoms with Crippen molar-refractivity contribution in [3.63, 3.8) is 0 Å². The molecule has 0 aliphatic rings. The Labute approximate surface area is 151 Å². The zero-order valence-electron chi connectivity index (χ0n) is 12.4. The van der Waals surface area contributed by atoms with Crippen LogP contribution in [0.1, 0.15) is 19.3 Å². The smallest absolute Gasteiger partial charge is 0.224 e. The largest absolute Gasteiger partial charge is 0.396 e. The van der Waals surface area contributed by atoms with Crippen LogP contribution in [0.5, 0.6) is 0 Å². The number of hydrogen-bond donors (Lipinski definition) is 2. The van der Waals surface area contributed by atoms with Crippen LogP contribution in [-0.2, 0) is 4.79 Å². The summed E-state index contributed by atoms with van der Waals surface area (Å²) in [5.74, 6) is -0.0363. The van der Waals surface area contributed by atoms with Gasteiger partial charge >= 0.3 is 0 Å². The molecule has 2 aromatic carbocycles. The molecule has 0 saturated carbocycles. The van der Waals surface area contributed by atoms with Crippen LogP contribution in [0.15, 0.2) is 48.5 Å². The Balaban J connectivity index is 0.000000277. The molecule has 0 bridgehead atoms. The molecule has 0 aliphatic carbocycles. The summed E-state index contributed by atoms with van der Waals surface area (Å²) in [5.41, 5.74) is 0.744. The number of amides is 1. The van der Waals surface area contributed by atoms with Crippen LogP contribution in [0.3, 0.4) is 0 Å². The lowest BCUT2D eigenvalue weighted by Gasteiger charge is -2.04.